The molecule has 0 saturated heterocycles. The van der Waals surface area contributed by atoms with E-state index in [2.05, 4.69) is 16.9 Å². The van der Waals surface area contributed by atoms with Crippen LogP contribution < -0.4 is 5.56 Å². The summed E-state index contributed by atoms with van der Waals surface area (Å²) in [5, 5.41) is 11.3. The summed E-state index contributed by atoms with van der Waals surface area (Å²) >= 11 is 6.32. The molecule has 154 valence electrons. The van der Waals surface area contributed by atoms with Gasteiger partial charge in [-0.3, -0.25) is 14.4 Å². The number of rotatable bonds is 6. The van der Waals surface area contributed by atoms with Crippen molar-refractivity contribution in [1.29, 1.82) is 0 Å². The van der Waals surface area contributed by atoms with Crippen molar-refractivity contribution in [3.05, 3.63) is 92.6 Å². The van der Waals surface area contributed by atoms with E-state index in [9.17, 15) is 4.79 Å². The van der Waals surface area contributed by atoms with Gasteiger partial charge in [0.15, 0.2) is 0 Å². The van der Waals surface area contributed by atoms with E-state index in [0.717, 1.165) is 32.9 Å². The van der Waals surface area contributed by atoms with E-state index in [1.54, 1.807) is 6.20 Å². The van der Waals surface area contributed by atoms with E-state index in [4.69, 9.17) is 16.7 Å². The van der Waals surface area contributed by atoms with Crippen LogP contribution in [0.5, 0.6) is 0 Å². The second-order valence-corrected chi connectivity index (χ2v) is 8.00. The van der Waals surface area contributed by atoms with Crippen molar-refractivity contribution in [3.8, 4) is 0 Å². The normalized spacial score (nSPS) is 11.5. The van der Waals surface area contributed by atoms with E-state index >= 15 is 0 Å². The smallest absolute Gasteiger partial charge is 0.275 e. The molecule has 0 N–H and O–H groups in total. The Morgan fingerprint density at radius 2 is 1.77 bits per heavy atom. The summed E-state index contributed by atoms with van der Waals surface area (Å²) in [4.78, 5) is 14.8. The van der Waals surface area contributed by atoms with Crippen molar-refractivity contribution >= 4 is 22.4 Å². The molecule has 0 radical (unpaired) electrons. The first-order valence-corrected chi connectivity index (χ1v) is 10.2. The average molecular weight is 422 g/mol. The number of hydrogen-bond acceptors (Lipinski definition) is 4. The molecule has 0 aliphatic carbocycles. The fourth-order valence-electron chi connectivity index (χ4n) is 3.68. The third-order valence-electron chi connectivity index (χ3n) is 5.37. The van der Waals surface area contributed by atoms with Crippen LogP contribution in [-0.4, -0.2) is 31.5 Å². The highest BCUT2D eigenvalue weighted by atomic mass is 35.5. The predicted octanol–water partition coefficient (Wildman–Crippen LogP) is 4.00. The van der Waals surface area contributed by atoms with E-state index in [-0.39, 0.29) is 5.56 Å². The molecule has 2 aromatic carbocycles. The SMILES string of the molecule is Cc1nn(Cc2ccccc2Cl)c(C)c1CN(C)Cn1ncc2ccccc2c1=O. The lowest BCUT2D eigenvalue weighted by molar-refractivity contribution is 0.240. The topological polar surface area (TPSA) is 56.0 Å². The van der Waals surface area contributed by atoms with Crippen LogP contribution in [-0.2, 0) is 19.8 Å². The standard InChI is InChI=1S/C23H24ClN5O/c1-16-21(17(2)28(26-16)13-19-9-5-7-11-22(19)24)14-27(3)15-29-23(30)20-10-6-4-8-18(20)12-25-29/h4-12H,13-15H2,1-3H3. The third kappa shape index (κ3) is 4.01. The van der Waals surface area contributed by atoms with Crippen molar-refractivity contribution in [2.75, 3.05) is 7.05 Å². The van der Waals surface area contributed by atoms with Crippen molar-refractivity contribution < 1.29 is 0 Å². The molecule has 0 amide bonds. The number of fused-ring (bicyclic) bond motifs is 1. The summed E-state index contributed by atoms with van der Waals surface area (Å²) in [6.45, 7) is 5.78. The molecule has 0 spiro atoms. The predicted molar refractivity (Wildman–Crippen MR) is 120 cm³/mol. The molecule has 2 heterocycles. The molecule has 0 bridgehead atoms. The maximum atomic E-state index is 12.7. The largest absolute Gasteiger partial charge is 0.283 e. The van der Waals surface area contributed by atoms with Crippen molar-refractivity contribution in [2.24, 2.45) is 0 Å². The number of hydrogen-bond donors (Lipinski definition) is 0. The molecule has 7 heteroatoms. The first-order valence-electron chi connectivity index (χ1n) is 9.83. The Kier molecular flexibility index (Phi) is 5.70. The molecule has 4 rings (SSSR count). The zero-order chi connectivity index (χ0) is 21.3. The molecule has 4 aromatic rings. The minimum absolute atomic E-state index is 0.0807. The molecular weight excluding hydrogens is 398 g/mol. The average Bonchev–Trinajstić information content (AvgIpc) is 2.99. The van der Waals surface area contributed by atoms with Crippen molar-refractivity contribution in [1.82, 2.24) is 24.5 Å². The summed E-state index contributed by atoms with van der Waals surface area (Å²) in [5.74, 6) is 0. The fourth-order valence-corrected chi connectivity index (χ4v) is 3.88. The Hall–Kier alpha value is -2.96. The maximum Gasteiger partial charge on any atom is 0.275 e. The van der Waals surface area contributed by atoms with Crippen molar-refractivity contribution in [2.45, 2.75) is 33.6 Å². The van der Waals surface area contributed by atoms with Crippen LogP contribution in [0, 0.1) is 13.8 Å². The minimum atomic E-state index is -0.0807. The zero-order valence-electron chi connectivity index (χ0n) is 17.3. The molecular formula is C23H24ClN5O. The van der Waals surface area contributed by atoms with Crippen molar-refractivity contribution in [3.63, 3.8) is 0 Å². The van der Waals surface area contributed by atoms with Gasteiger partial charge in [0.1, 0.15) is 0 Å². The first-order chi connectivity index (χ1) is 14.4. The Labute approximate surface area is 180 Å². The van der Waals surface area contributed by atoms with Gasteiger partial charge in [0.2, 0.25) is 0 Å². The number of benzene rings is 2. The van der Waals surface area contributed by atoms with Crippen LogP contribution in [0.15, 0.2) is 59.5 Å². The molecule has 0 aliphatic rings. The lowest BCUT2D eigenvalue weighted by atomic mass is 10.2. The molecule has 0 aliphatic heterocycles. The Bertz CT molecular complexity index is 1260. The Balaban J connectivity index is 1.53. The van der Waals surface area contributed by atoms with E-state index in [1.165, 1.54) is 4.68 Å². The maximum absolute atomic E-state index is 12.7. The van der Waals surface area contributed by atoms with Gasteiger partial charge in [-0.2, -0.15) is 10.2 Å². The summed E-state index contributed by atoms with van der Waals surface area (Å²) in [7, 11) is 1.98. The van der Waals surface area contributed by atoms with Gasteiger partial charge in [0.05, 0.1) is 30.5 Å². The highest BCUT2D eigenvalue weighted by Gasteiger charge is 2.15. The van der Waals surface area contributed by atoms with Gasteiger partial charge in [-0.15, -0.1) is 0 Å². The first kappa shape index (κ1) is 20.3. The highest BCUT2D eigenvalue weighted by molar-refractivity contribution is 6.31. The van der Waals surface area contributed by atoms with Crippen LogP contribution in [0.3, 0.4) is 0 Å². The Morgan fingerprint density at radius 1 is 1.03 bits per heavy atom. The Morgan fingerprint density at radius 3 is 2.57 bits per heavy atom. The highest BCUT2D eigenvalue weighted by Crippen LogP contribution is 2.20. The molecule has 30 heavy (non-hydrogen) atoms. The number of nitrogens with zero attached hydrogens (tertiary/aromatic N) is 5. The third-order valence-corrected chi connectivity index (χ3v) is 5.74. The fraction of sp³-hybridized carbons (Fsp3) is 0.261. The van der Waals surface area contributed by atoms with Crippen LogP contribution in [0.2, 0.25) is 5.02 Å². The quantitative estimate of drug-likeness (QED) is 0.472. The van der Waals surface area contributed by atoms with Crippen LogP contribution >= 0.6 is 11.6 Å². The van der Waals surface area contributed by atoms with Gasteiger partial charge in [-0.25, -0.2) is 4.68 Å². The van der Waals surface area contributed by atoms with E-state index < -0.39 is 0 Å². The number of aryl methyl sites for hydroxylation is 1. The van der Waals surface area contributed by atoms with Crippen LogP contribution in [0.1, 0.15) is 22.5 Å². The van der Waals surface area contributed by atoms with Crippen LogP contribution in [0.4, 0.5) is 0 Å². The summed E-state index contributed by atoms with van der Waals surface area (Å²) in [6, 6.07) is 15.3. The van der Waals surface area contributed by atoms with Gasteiger partial charge >= 0.3 is 0 Å². The van der Waals surface area contributed by atoms with E-state index in [1.807, 2.05) is 67.2 Å². The van der Waals surface area contributed by atoms with Crippen LogP contribution in [0.25, 0.3) is 10.8 Å². The molecule has 0 fully saturated rings. The molecule has 0 atom stereocenters. The molecule has 0 saturated carbocycles. The summed E-state index contributed by atoms with van der Waals surface area (Å²) in [5.41, 5.74) is 4.18. The lowest BCUT2D eigenvalue weighted by Crippen LogP contribution is -2.31. The second kappa shape index (κ2) is 8.42. The summed E-state index contributed by atoms with van der Waals surface area (Å²) < 4.78 is 3.49. The molecule has 6 nitrogen and oxygen atoms in total. The monoisotopic (exact) mass is 421 g/mol. The van der Waals surface area contributed by atoms with Gasteiger partial charge in [-0.05, 0) is 38.6 Å². The number of halogens is 1. The van der Waals surface area contributed by atoms with E-state index in [0.29, 0.717) is 25.1 Å². The molecule has 0 unspecified atom stereocenters. The lowest BCUT2D eigenvalue weighted by Gasteiger charge is -2.18. The number of aromatic nitrogens is 4. The van der Waals surface area contributed by atoms with Gasteiger partial charge in [0, 0.05) is 28.2 Å². The molecule has 2 aromatic heterocycles. The van der Waals surface area contributed by atoms with Gasteiger partial charge < -0.3 is 0 Å². The van der Waals surface area contributed by atoms with Gasteiger partial charge in [-0.1, -0.05) is 48.0 Å². The zero-order valence-corrected chi connectivity index (χ0v) is 18.1. The second-order valence-electron chi connectivity index (χ2n) is 7.59. The van der Waals surface area contributed by atoms with Gasteiger partial charge in [0.25, 0.3) is 5.56 Å². The summed E-state index contributed by atoms with van der Waals surface area (Å²) in [6.07, 6.45) is 1.74. The minimum Gasteiger partial charge on any atom is -0.283 e.